The number of hydrogen-bond donors (Lipinski definition) is 1. The van der Waals surface area contributed by atoms with Crippen LogP contribution in [0.15, 0.2) is 75.8 Å². The van der Waals surface area contributed by atoms with Crippen LogP contribution < -0.4 is 9.46 Å². The first-order valence-corrected chi connectivity index (χ1v) is 12.0. The molecule has 0 saturated carbocycles. The molecule has 0 aliphatic rings. The van der Waals surface area contributed by atoms with Gasteiger partial charge in [-0.2, -0.15) is 10.4 Å². The van der Waals surface area contributed by atoms with E-state index in [0.29, 0.717) is 40.1 Å². The summed E-state index contributed by atoms with van der Waals surface area (Å²) in [5.41, 5.74) is 2.06. The Labute approximate surface area is 194 Å². The minimum absolute atomic E-state index is 0.116. The highest BCUT2D eigenvalue weighted by atomic mass is 32.2. The summed E-state index contributed by atoms with van der Waals surface area (Å²) in [7, 11) is -3.81. The van der Waals surface area contributed by atoms with Gasteiger partial charge in [-0.3, -0.25) is 0 Å². The molecule has 0 radical (unpaired) electrons. The number of rotatable bonds is 7. The standard InChI is InChI=1S/C25H26N4O3S/c1-5-25(32-22-11-6-8-17(2)14-22)28-27-18(3)19(4)29-33(30,31)23-12-13-24-20(15-23)9-7-10-21(24)16-26/h6-15,19,29H,5H2,1-4H3/b27-18+,28-25+/t19-/m1/s1. The van der Waals surface area contributed by atoms with E-state index < -0.39 is 16.1 Å². The van der Waals surface area contributed by atoms with Gasteiger partial charge in [0, 0.05) is 6.42 Å². The molecular formula is C25H26N4O3S. The maximum atomic E-state index is 12.9. The normalized spacial score (nSPS) is 13.5. The summed E-state index contributed by atoms with van der Waals surface area (Å²) in [6, 6.07) is 19.1. The summed E-state index contributed by atoms with van der Waals surface area (Å²) in [6.45, 7) is 7.29. The van der Waals surface area contributed by atoms with Gasteiger partial charge < -0.3 is 4.74 Å². The van der Waals surface area contributed by atoms with Gasteiger partial charge in [0.15, 0.2) is 0 Å². The van der Waals surface area contributed by atoms with Crippen LogP contribution in [0.4, 0.5) is 0 Å². The van der Waals surface area contributed by atoms with E-state index in [-0.39, 0.29) is 4.90 Å². The number of sulfonamides is 1. The molecule has 3 aromatic rings. The lowest BCUT2D eigenvalue weighted by atomic mass is 10.1. The predicted molar refractivity (Wildman–Crippen MR) is 131 cm³/mol. The Morgan fingerprint density at radius 3 is 2.58 bits per heavy atom. The van der Waals surface area contributed by atoms with Crippen LogP contribution in [0.1, 0.15) is 38.3 Å². The van der Waals surface area contributed by atoms with Crippen molar-refractivity contribution in [1.82, 2.24) is 4.72 Å². The smallest absolute Gasteiger partial charge is 0.241 e. The van der Waals surface area contributed by atoms with E-state index in [1.807, 2.05) is 38.1 Å². The van der Waals surface area contributed by atoms with Gasteiger partial charge in [-0.1, -0.05) is 37.3 Å². The maximum absolute atomic E-state index is 12.9. The van der Waals surface area contributed by atoms with Crippen LogP contribution in [0.2, 0.25) is 0 Å². The molecule has 1 N–H and O–H groups in total. The van der Waals surface area contributed by atoms with Gasteiger partial charge >= 0.3 is 0 Å². The molecular weight excluding hydrogens is 436 g/mol. The molecule has 0 bridgehead atoms. The molecule has 0 aliphatic heterocycles. The van der Waals surface area contributed by atoms with Gasteiger partial charge in [0.25, 0.3) is 0 Å². The molecule has 0 aromatic heterocycles. The van der Waals surface area contributed by atoms with Crippen LogP contribution in [0, 0.1) is 18.3 Å². The van der Waals surface area contributed by atoms with Crippen LogP contribution in [0.3, 0.4) is 0 Å². The molecule has 7 nitrogen and oxygen atoms in total. The largest absolute Gasteiger partial charge is 0.441 e. The number of fused-ring (bicyclic) bond motifs is 1. The summed E-state index contributed by atoms with van der Waals surface area (Å²) in [5.74, 6) is 1.10. The van der Waals surface area contributed by atoms with Crippen LogP contribution >= 0.6 is 0 Å². The first-order valence-electron chi connectivity index (χ1n) is 10.5. The number of nitrogens with one attached hydrogen (secondary N) is 1. The third-order valence-corrected chi connectivity index (χ3v) is 6.63. The summed E-state index contributed by atoms with van der Waals surface area (Å²) >= 11 is 0. The summed E-state index contributed by atoms with van der Waals surface area (Å²) in [6.07, 6.45) is 0.534. The molecule has 0 fully saturated rings. The number of ether oxygens (including phenoxy) is 1. The van der Waals surface area contributed by atoms with Crippen molar-refractivity contribution < 1.29 is 13.2 Å². The van der Waals surface area contributed by atoms with Crippen LogP contribution in [-0.4, -0.2) is 26.1 Å². The zero-order valence-corrected chi connectivity index (χ0v) is 19.8. The summed E-state index contributed by atoms with van der Waals surface area (Å²) in [4.78, 5) is 0.116. The molecule has 33 heavy (non-hydrogen) atoms. The van der Waals surface area contributed by atoms with Crippen molar-refractivity contribution >= 4 is 32.4 Å². The van der Waals surface area contributed by atoms with E-state index in [4.69, 9.17) is 4.74 Å². The molecule has 0 saturated heterocycles. The van der Waals surface area contributed by atoms with Gasteiger partial charge in [0.05, 0.1) is 28.3 Å². The fraction of sp³-hybridized carbons (Fsp3) is 0.240. The van der Waals surface area contributed by atoms with Gasteiger partial charge in [-0.05, 0) is 67.4 Å². The van der Waals surface area contributed by atoms with Crippen molar-refractivity contribution in [2.45, 2.75) is 45.1 Å². The Kier molecular flexibility index (Phi) is 7.59. The lowest BCUT2D eigenvalue weighted by molar-refractivity contribution is 0.532. The molecule has 0 unspecified atom stereocenters. The molecule has 8 heteroatoms. The average molecular weight is 463 g/mol. The lowest BCUT2D eigenvalue weighted by Gasteiger charge is -2.14. The van der Waals surface area contributed by atoms with Crippen molar-refractivity contribution in [3.63, 3.8) is 0 Å². The van der Waals surface area contributed by atoms with Crippen molar-refractivity contribution in [3.8, 4) is 11.8 Å². The van der Waals surface area contributed by atoms with Crippen molar-refractivity contribution in [2.75, 3.05) is 0 Å². The Hall–Kier alpha value is -3.54. The first kappa shape index (κ1) is 24.1. The molecule has 0 aliphatic carbocycles. The Balaban J connectivity index is 1.76. The zero-order chi connectivity index (χ0) is 24.0. The number of hydrogen-bond acceptors (Lipinski definition) is 6. The minimum atomic E-state index is -3.81. The third-order valence-electron chi connectivity index (χ3n) is 5.09. The highest BCUT2D eigenvalue weighted by Crippen LogP contribution is 2.22. The highest BCUT2D eigenvalue weighted by molar-refractivity contribution is 7.89. The van der Waals surface area contributed by atoms with Crippen LogP contribution in [-0.2, 0) is 10.0 Å². The predicted octanol–water partition coefficient (Wildman–Crippen LogP) is 4.95. The minimum Gasteiger partial charge on any atom is -0.441 e. The Morgan fingerprint density at radius 1 is 1.12 bits per heavy atom. The van der Waals surface area contributed by atoms with E-state index in [0.717, 1.165) is 5.56 Å². The van der Waals surface area contributed by atoms with Gasteiger partial charge in [0.2, 0.25) is 15.9 Å². The molecule has 1 atom stereocenters. The molecule has 0 spiro atoms. The van der Waals surface area contributed by atoms with Gasteiger partial charge in [-0.25, -0.2) is 13.1 Å². The fourth-order valence-corrected chi connectivity index (χ4v) is 4.41. The molecule has 3 rings (SSSR count). The molecule has 170 valence electrons. The number of aryl methyl sites for hydroxylation is 1. The average Bonchev–Trinajstić information content (AvgIpc) is 2.80. The highest BCUT2D eigenvalue weighted by Gasteiger charge is 2.20. The summed E-state index contributed by atoms with van der Waals surface area (Å²) in [5, 5.41) is 19.0. The van der Waals surface area contributed by atoms with Crippen molar-refractivity contribution in [3.05, 3.63) is 71.8 Å². The SMILES string of the molecule is CC/C(=N\N=C(/C)[C@@H](C)NS(=O)(=O)c1ccc2c(C#N)cccc2c1)Oc1cccc(C)c1. The Bertz CT molecular complexity index is 1370. The fourth-order valence-electron chi connectivity index (χ4n) is 3.11. The number of benzene rings is 3. The number of nitriles is 1. The second-order valence-corrected chi connectivity index (χ2v) is 9.36. The maximum Gasteiger partial charge on any atom is 0.241 e. The van der Waals surface area contributed by atoms with E-state index in [9.17, 15) is 13.7 Å². The number of nitrogens with zero attached hydrogens (tertiary/aromatic N) is 3. The second kappa shape index (κ2) is 10.4. The molecule has 3 aromatic carbocycles. The van der Waals surface area contributed by atoms with E-state index in [1.165, 1.54) is 6.07 Å². The zero-order valence-electron chi connectivity index (χ0n) is 19.0. The topological polar surface area (TPSA) is 104 Å². The monoisotopic (exact) mass is 462 g/mol. The summed E-state index contributed by atoms with van der Waals surface area (Å²) < 4.78 is 34.3. The van der Waals surface area contributed by atoms with Crippen molar-refractivity contribution in [1.29, 1.82) is 5.26 Å². The van der Waals surface area contributed by atoms with Gasteiger partial charge in [-0.15, -0.1) is 5.10 Å². The van der Waals surface area contributed by atoms with E-state index >= 15 is 0 Å². The quantitative estimate of drug-likeness (QED) is 0.305. The van der Waals surface area contributed by atoms with E-state index in [2.05, 4.69) is 21.0 Å². The third kappa shape index (κ3) is 6.04. The molecule has 0 heterocycles. The second-order valence-electron chi connectivity index (χ2n) is 7.65. The Morgan fingerprint density at radius 2 is 1.88 bits per heavy atom. The van der Waals surface area contributed by atoms with E-state index in [1.54, 1.807) is 44.2 Å². The van der Waals surface area contributed by atoms with Crippen LogP contribution in [0.25, 0.3) is 10.8 Å². The lowest BCUT2D eigenvalue weighted by Crippen LogP contribution is -2.37. The van der Waals surface area contributed by atoms with Crippen LogP contribution in [0.5, 0.6) is 5.75 Å². The first-order chi connectivity index (χ1) is 15.7. The van der Waals surface area contributed by atoms with Crippen molar-refractivity contribution in [2.24, 2.45) is 10.2 Å². The van der Waals surface area contributed by atoms with Gasteiger partial charge in [0.1, 0.15) is 5.75 Å². The molecule has 0 amide bonds.